The quantitative estimate of drug-likeness (QED) is 0.775. The number of benzene rings is 2. The van der Waals surface area contributed by atoms with Crippen molar-refractivity contribution in [3.8, 4) is 0 Å². The predicted molar refractivity (Wildman–Crippen MR) is 92.3 cm³/mol. The van der Waals surface area contributed by atoms with Crippen LogP contribution in [-0.2, 0) is 11.2 Å². The van der Waals surface area contributed by atoms with E-state index in [-0.39, 0.29) is 16.6 Å². The van der Waals surface area contributed by atoms with E-state index >= 15 is 0 Å². The number of carbonyl (C=O) groups excluding carboxylic acids is 2. The third-order valence-electron chi connectivity index (χ3n) is 4.58. The molecule has 1 aliphatic rings. The van der Waals surface area contributed by atoms with Gasteiger partial charge in [0, 0.05) is 7.05 Å². The lowest BCUT2D eigenvalue weighted by molar-refractivity contribution is 0.0600. The average molecular weight is 362 g/mol. The van der Waals surface area contributed by atoms with Gasteiger partial charge in [-0.1, -0.05) is 23.7 Å². The van der Waals surface area contributed by atoms with Gasteiger partial charge in [0.15, 0.2) is 0 Å². The monoisotopic (exact) mass is 361 g/mol. The average Bonchev–Trinajstić information content (AvgIpc) is 3.03. The summed E-state index contributed by atoms with van der Waals surface area (Å²) in [7, 11) is 2.94. The number of halogens is 2. The second kappa shape index (κ2) is 6.84. The van der Waals surface area contributed by atoms with Crippen LogP contribution in [0, 0.1) is 5.82 Å². The number of aryl methyl sites for hydroxylation is 1. The van der Waals surface area contributed by atoms with Crippen LogP contribution in [0.4, 0.5) is 4.39 Å². The fourth-order valence-electron chi connectivity index (χ4n) is 3.25. The molecular formula is C19H17ClFNO3. The first-order valence-corrected chi connectivity index (χ1v) is 8.24. The highest BCUT2D eigenvalue weighted by molar-refractivity contribution is 6.33. The molecule has 0 aromatic heterocycles. The van der Waals surface area contributed by atoms with Gasteiger partial charge in [-0.15, -0.1) is 0 Å². The summed E-state index contributed by atoms with van der Waals surface area (Å²) in [5, 5.41) is 0.0818. The third kappa shape index (κ3) is 3.12. The lowest BCUT2D eigenvalue weighted by Gasteiger charge is -2.26. The molecule has 0 radical (unpaired) electrons. The zero-order valence-corrected chi connectivity index (χ0v) is 14.6. The smallest absolute Gasteiger partial charge is 0.337 e. The van der Waals surface area contributed by atoms with Crippen molar-refractivity contribution >= 4 is 23.5 Å². The van der Waals surface area contributed by atoms with Crippen LogP contribution in [0.3, 0.4) is 0 Å². The van der Waals surface area contributed by atoms with Crippen LogP contribution in [0.15, 0.2) is 36.4 Å². The van der Waals surface area contributed by atoms with E-state index in [1.165, 1.54) is 30.2 Å². The number of hydrogen-bond donors (Lipinski definition) is 0. The molecule has 4 nitrogen and oxygen atoms in total. The topological polar surface area (TPSA) is 46.6 Å². The van der Waals surface area contributed by atoms with Gasteiger partial charge in [0.05, 0.1) is 29.3 Å². The highest BCUT2D eigenvalue weighted by Gasteiger charge is 2.31. The van der Waals surface area contributed by atoms with E-state index in [9.17, 15) is 14.0 Å². The van der Waals surface area contributed by atoms with E-state index in [0.717, 1.165) is 17.5 Å². The minimum atomic E-state index is -0.647. The van der Waals surface area contributed by atoms with Crippen molar-refractivity contribution in [1.29, 1.82) is 0 Å². The number of fused-ring (bicyclic) bond motifs is 1. The van der Waals surface area contributed by atoms with E-state index in [4.69, 9.17) is 16.3 Å². The van der Waals surface area contributed by atoms with E-state index in [1.54, 1.807) is 19.2 Å². The van der Waals surface area contributed by atoms with Gasteiger partial charge >= 0.3 is 5.97 Å². The van der Waals surface area contributed by atoms with Crippen LogP contribution in [0.25, 0.3) is 0 Å². The Hall–Kier alpha value is -2.40. The highest BCUT2D eigenvalue weighted by atomic mass is 35.5. The molecule has 0 saturated carbocycles. The molecule has 25 heavy (non-hydrogen) atoms. The molecule has 0 bridgehead atoms. The minimum Gasteiger partial charge on any atom is -0.465 e. The molecular weight excluding hydrogens is 345 g/mol. The highest BCUT2D eigenvalue weighted by Crippen LogP contribution is 2.37. The number of ether oxygens (including phenoxy) is 1. The summed E-state index contributed by atoms with van der Waals surface area (Å²) in [6, 6.07) is 9.24. The predicted octanol–water partition coefficient (Wildman–Crippen LogP) is 4.03. The maximum Gasteiger partial charge on any atom is 0.337 e. The molecule has 0 spiro atoms. The van der Waals surface area contributed by atoms with Gasteiger partial charge < -0.3 is 9.64 Å². The number of methoxy groups -OCH3 is 1. The Morgan fingerprint density at radius 1 is 1.28 bits per heavy atom. The molecule has 2 aromatic rings. The molecule has 1 atom stereocenters. The molecule has 3 rings (SSSR count). The lowest BCUT2D eigenvalue weighted by Crippen LogP contribution is -2.31. The fraction of sp³-hybridized carbons (Fsp3) is 0.263. The molecule has 0 N–H and O–H groups in total. The molecule has 130 valence electrons. The van der Waals surface area contributed by atoms with Crippen molar-refractivity contribution in [2.24, 2.45) is 0 Å². The molecule has 0 heterocycles. The first-order chi connectivity index (χ1) is 11.9. The summed E-state index contributed by atoms with van der Waals surface area (Å²) < 4.78 is 18.8. The van der Waals surface area contributed by atoms with Gasteiger partial charge in [0.2, 0.25) is 0 Å². The molecule has 6 heteroatoms. The Bertz CT molecular complexity index is 832. The van der Waals surface area contributed by atoms with Crippen LogP contribution < -0.4 is 0 Å². The van der Waals surface area contributed by atoms with Crippen LogP contribution in [0.1, 0.15) is 44.3 Å². The van der Waals surface area contributed by atoms with E-state index < -0.39 is 17.7 Å². The maximum atomic E-state index is 14.1. The van der Waals surface area contributed by atoms with Crippen molar-refractivity contribution < 1.29 is 18.7 Å². The Balaban J connectivity index is 1.94. The molecule has 0 aliphatic heterocycles. The summed E-state index contributed by atoms with van der Waals surface area (Å²) in [5.41, 5.74) is 2.24. The molecule has 0 fully saturated rings. The van der Waals surface area contributed by atoms with Crippen molar-refractivity contribution in [1.82, 2.24) is 4.90 Å². The SMILES string of the molecule is COC(=O)c1ccc2c(c1)C(N(C)C(=O)c1c(F)cccc1Cl)CC2. The lowest BCUT2D eigenvalue weighted by atomic mass is 10.0. The van der Waals surface area contributed by atoms with Gasteiger partial charge in [-0.05, 0) is 48.2 Å². The van der Waals surface area contributed by atoms with E-state index in [2.05, 4.69) is 0 Å². The Morgan fingerprint density at radius 2 is 2.04 bits per heavy atom. The zero-order chi connectivity index (χ0) is 18.1. The fourth-order valence-corrected chi connectivity index (χ4v) is 3.49. The molecule has 1 amide bonds. The summed E-state index contributed by atoms with van der Waals surface area (Å²) in [4.78, 5) is 26.0. The van der Waals surface area contributed by atoms with Gasteiger partial charge in [0.25, 0.3) is 5.91 Å². The van der Waals surface area contributed by atoms with Gasteiger partial charge in [-0.2, -0.15) is 0 Å². The van der Waals surface area contributed by atoms with Crippen LogP contribution in [0.2, 0.25) is 5.02 Å². The largest absolute Gasteiger partial charge is 0.465 e. The van der Waals surface area contributed by atoms with Crippen LogP contribution in [-0.4, -0.2) is 30.9 Å². The first-order valence-electron chi connectivity index (χ1n) is 7.86. The number of rotatable bonds is 3. The minimum absolute atomic E-state index is 0.0818. The van der Waals surface area contributed by atoms with E-state index in [1.807, 2.05) is 6.07 Å². The van der Waals surface area contributed by atoms with Crippen LogP contribution >= 0.6 is 11.6 Å². The van der Waals surface area contributed by atoms with Crippen molar-refractivity contribution in [2.45, 2.75) is 18.9 Å². The Labute approximate surface area is 150 Å². The zero-order valence-electron chi connectivity index (χ0n) is 13.9. The normalized spacial score (nSPS) is 15.6. The van der Waals surface area contributed by atoms with Gasteiger partial charge in [-0.25, -0.2) is 9.18 Å². The second-order valence-corrected chi connectivity index (χ2v) is 6.38. The maximum absolute atomic E-state index is 14.1. The number of hydrogen-bond acceptors (Lipinski definition) is 3. The summed E-state index contributed by atoms with van der Waals surface area (Å²) in [6.45, 7) is 0. The number of amides is 1. The molecule has 0 saturated heterocycles. The van der Waals surface area contributed by atoms with Crippen molar-refractivity contribution in [3.05, 3.63) is 69.5 Å². The summed E-state index contributed by atoms with van der Waals surface area (Å²) >= 11 is 6.01. The standard InChI is InChI=1S/C19H17ClFNO3/c1-22(18(23)17-14(20)4-3-5-15(17)21)16-9-8-11-6-7-12(10-13(11)16)19(24)25-2/h3-7,10,16H,8-9H2,1-2H3. The molecule has 1 unspecified atom stereocenters. The second-order valence-electron chi connectivity index (χ2n) is 5.97. The Kier molecular flexibility index (Phi) is 4.77. The Morgan fingerprint density at radius 3 is 2.72 bits per heavy atom. The van der Waals surface area contributed by atoms with Crippen molar-refractivity contribution in [3.63, 3.8) is 0 Å². The van der Waals surface area contributed by atoms with Gasteiger partial charge in [0.1, 0.15) is 5.82 Å². The third-order valence-corrected chi connectivity index (χ3v) is 4.89. The number of nitrogens with zero attached hydrogens (tertiary/aromatic N) is 1. The molecule has 2 aromatic carbocycles. The number of carbonyl (C=O) groups is 2. The van der Waals surface area contributed by atoms with E-state index in [0.29, 0.717) is 12.0 Å². The van der Waals surface area contributed by atoms with Crippen molar-refractivity contribution in [2.75, 3.05) is 14.2 Å². The summed E-state index contributed by atoms with van der Waals surface area (Å²) in [6.07, 6.45) is 1.48. The summed E-state index contributed by atoms with van der Waals surface area (Å²) in [5.74, 6) is -1.56. The van der Waals surface area contributed by atoms with Crippen LogP contribution in [0.5, 0.6) is 0 Å². The number of esters is 1. The molecule has 1 aliphatic carbocycles. The first kappa shape index (κ1) is 17.4. The van der Waals surface area contributed by atoms with Gasteiger partial charge in [-0.3, -0.25) is 4.79 Å².